The van der Waals surface area contributed by atoms with Crippen LogP contribution in [-0.2, 0) is 14.8 Å². The molecule has 0 aliphatic carbocycles. The number of para-hydroxylation sites is 1. The highest BCUT2D eigenvalue weighted by atomic mass is 32.2. The van der Waals surface area contributed by atoms with Gasteiger partial charge in [0.05, 0.1) is 30.0 Å². The molecule has 0 N–H and O–H groups in total. The van der Waals surface area contributed by atoms with Gasteiger partial charge in [-0.25, -0.2) is 18.1 Å². The van der Waals surface area contributed by atoms with Crippen molar-refractivity contribution < 1.29 is 17.6 Å². The van der Waals surface area contributed by atoms with E-state index in [0.717, 1.165) is 27.9 Å². The topological polar surface area (TPSA) is 92.6 Å². The molecule has 0 amide bonds. The Morgan fingerprint density at radius 3 is 2.39 bits per heavy atom. The van der Waals surface area contributed by atoms with Crippen molar-refractivity contribution in [3.63, 3.8) is 0 Å². The predicted molar refractivity (Wildman–Crippen MR) is 163 cm³/mol. The fourth-order valence-electron chi connectivity index (χ4n) is 4.49. The summed E-state index contributed by atoms with van der Waals surface area (Å²) in [6.07, 6.45) is 1.79. The lowest BCUT2D eigenvalue weighted by Crippen LogP contribution is -2.40. The molecule has 0 bridgehead atoms. The van der Waals surface area contributed by atoms with Gasteiger partial charge in [-0.1, -0.05) is 30.3 Å². The van der Waals surface area contributed by atoms with Crippen LogP contribution in [0.1, 0.15) is 5.56 Å². The lowest BCUT2D eigenvalue weighted by molar-refractivity contribution is 0.0730. The summed E-state index contributed by atoms with van der Waals surface area (Å²) in [5.74, 6) is 0.677. The lowest BCUT2D eigenvalue weighted by Gasteiger charge is -2.26. The molecular weight excluding hydrogens is 558 g/mol. The third-order valence-electron chi connectivity index (χ3n) is 6.76. The maximum atomic E-state index is 13.0. The summed E-state index contributed by atoms with van der Waals surface area (Å²) < 4.78 is 40.7. The van der Waals surface area contributed by atoms with Crippen LogP contribution in [0.25, 0.3) is 22.4 Å². The van der Waals surface area contributed by atoms with Crippen LogP contribution in [0.5, 0.6) is 0 Å². The first-order valence-corrected chi connectivity index (χ1v) is 15.4. The minimum Gasteiger partial charge on any atom is -0.454 e. The Bertz CT molecular complexity index is 1830. The van der Waals surface area contributed by atoms with E-state index in [2.05, 4.69) is 0 Å². The van der Waals surface area contributed by atoms with E-state index in [4.69, 9.17) is 19.2 Å². The Hall–Kier alpha value is -4.03. The zero-order valence-corrected chi connectivity index (χ0v) is 24.3. The van der Waals surface area contributed by atoms with Gasteiger partial charge in [-0.2, -0.15) is 9.41 Å². The number of morpholine rings is 1. The normalized spacial score (nSPS) is 15.2. The van der Waals surface area contributed by atoms with Gasteiger partial charge in [-0.15, -0.1) is 11.3 Å². The zero-order valence-electron chi connectivity index (χ0n) is 22.7. The van der Waals surface area contributed by atoms with Crippen molar-refractivity contribution in [1.29, 1.82) is 0 Å². The highest BCUT2D eigenvalue weighted by Gasteiger charge is 2.26. The number of fused-ring (bicyclic) bond motifs is 1. The number of nitrogens with zero attached hydrogens (tertiary/aromatic N) is 5. The summed E-state index contributed by atoms with van der Waals surface area (Å²) in [4.78, 5) is 7.71. The molecular formula is C30H29N5O4S2. The molecule has 0 atom stereocenters. The second kappa shape index (κ2) is 11.5. The monoisotopic (exact) mass is 587 g/mol. The van der Waals surface area contributed by atoms with Crippen molar-refractivity contribution >= 4 is 49.9 Å². The van der Waals surface area contributed by atoms with Crippen LogP contribution in [0, 0.1) is 0 Å². The largest absolute Gasteiger partial charge is 0.454 e. The second-order valence-electron chi connectivity index (χ2n) is 9.72. The van der Waals surface area contributed by atoms with E-state index < -0.39 is 10.0 Å². The van der Waals surface area contributed by atoms with Crippen LogP contribution >= 0.6 is 11.3 Å². The van der Waals surface area contributed by atoms with Crippen LogP contribution in [0.2, 0.25) is 0 Å². The van der Waals surface area contributed by atoms with E-state index >= 15 is 0 Å². The third kappa shape index (κ3) is 5.75. The Kier molecular flexibility index (Phi) is 7.59. The van der Waals surface area contributed by atoms with Crippen molar-refractivity contribution in [1.82, 2.24) is 8.98 Å². The summed E-state index contributed by atoms with van der Waals surface area (Å²) in [6.45, 7) is 1.51. The molecule has 1 fully saturated rings. The number of rotatable bonds is 7. The van der Waals surface area contributed by atoms with Crippen molar-refractivity contribution in [3.8, 4) is 11.5 Å². The predicted octanol–water partition coefficient (Wildman–Crippen LogP) is 5.16. The third-order valence-corrected chi connectivity index (χ3v) is 9.49. The van der Waals surface area contributed by atoms with Gasteiger partial charge in [0.25, 0.3) is 0 Å². The average Bonchev–Trinajstić information content (AvgIpc) is 3.61. The summed E-state index contributed by atoms with van der Waals surface area (Å²) in [6, 6.07) is 24.6. The molecule has 9 nitrogen and oxygen atoms in total. The van der Waals surface area contributed by atoms with Gasteiger partial charge >= 0.3 is 0 Å². The van der Waals surface area contributed by atoms with E-state index in [9.17, 15) is 8.42 Å². The van der Waals surface area contributed by atoms with E-state index in [1.54, 1.807) is 35.2 Å². The highest BCUT2D eigenvalue weighted by molar-refractivity contribution is 7.89. The van der Waals surface area contributed by atoms with Gasteiger partial charge in [0, 0.05) is 43.6 Å². The first kappa shape index (κ1) is 27.2. The fraction of sp³-hybridized carbons (Fsp3) is 0.200. The summed E-state index contributed by atoms with van der Waals surface area (Å²) in [7, 11) is 0.422. The Labute approximate surface area is 242 Å². The molecule has 6 rings (SSSR count). The molecule has 0 spiro atoms. The summed E-state index contributed by atoms with van der Waals surface area (Å²) in [5, 5.41) is 7.75. The van der Waals surface area contributed by atoms with Crippen LogP contribution < -0.4 is 9.70 Å². The number of benzene rings is 3. The molecule has 1 saturated heterocycles. The van der Waals surface area contributed by atoms with E-state index in [0.29, 0.717) is 42.6 Å². The van der Waals surface area contributed by atoms with Crippen LogP contribution in [0.15, 0.2) is 104 Å². The summed E-state index contributed by atoms with van der Waals surface area (Å²) in [5.41, 5.74) is 4.21. The molecule has 41 heavy (non-hydrogen) atoms. The molecule has 3 heterocycles. The smallest absolute Gasteiger partial charge is 0.243 e. The maximum Gasteiger partial charge on any atom is 0.243 e. The quantitative estimate of drug-likeness (QED) is 0.245. The molecule has 1 aliphatic rings. The Morgan fingerprint density at radius 2 is 1.68 bits per heavy atom. The standard InChI is InChI=1S/C30H29N5O4S2/c1-33(2)25-11-7-22(8-12-25)20-31-35-27(29-19-23-5-3-4-6-28(23)39-29)21-40-30(35)32-24-9-13-26(14-10-24)41(36,37)34-15-17-38-18-16-34/h3-14,19-21H,15-18H2,1-2H3. The number of hydrogen-bond donors (Lipinski definition) is 0. The first-order valence-electron chi connectivity index (χ1n) is 13.1. The number of anilines is 1. The van der Waals surface area contributed by atoms with Gasteiger partial charge in [0.2, 0.25) is 14.8 Å². The number of thiazole rings is 1. The molecule has 210 valence electrons. The van der Waals surface area contributed by atoms with Crippen LogP contribution in [0.4, 0.5) is 11.4 Å². The number of sulfonamides is 1. The molecule has 0 unspecified atom stereocenters. The molecule has 1 aliphatic heterocycles. The van der Waals surface area contributed by atoms with E-state index in [-0.39, 0.29) is 4.90 Å². The van der Waals surface area contributed by atoms with Gasteiger partial charge in [-0.05, 0) is 54.1 Å². The minimum atomic E-state index is -3.58. The number of aromatic nitrogens is 1. The van der Waals surface area contributed by atoms with Crippen molar-refractivity contribution in [2.24, 2.45) is 10.1 Å². The average molecular weight is 588 g/mol. The number of furan rings is 1. The lowest BCUT2D eigenvalue weighted by atomic mass is 10.2. The Balaban J connectivity index is 1.37. The fourth-order valence-corrected chi connectivity index (χ4v) is 6.73. The summed E-state index contributed by atoms with van der Waals surface area (Å²) >= 11 is 1.43. The first-order chi connectivity index (χ1) is 19.9. The zero-order chi connectivity index (χ0) is 28.4. The maximum absolute atomic E-state index is 13.0. The van der Waals surface area contributed by atoms with Crippen molar-refractivity contribution in [2.75, 3.05) is 45.3 Å². The van der Waals surface area contributed by atoms with Gasteiger partial charge in [0.15, 0.2) is 5.76 Å². The van der Waals surface area contributed by atoms with Gasteiger partial charge < -0.3 is 14.1 Å². The SMILES string of the molecule is CN(C)c1ccc(C=Nn2c(-c3cc4ccccc4o3)csc2=Nc2ccc(S(=O)(=O)N3CCOCC3)cc2)cc1. The van der Waals surface area contributed by atoms with Gasteiger partial charge in [-0.3, -0.25) is 0 Å². The number of hydrogen-bond acceptors (Lipinski definition) is 8. The molecule has 2 aromatic heterocycles. The highest BCUT2D eigenvalue weighted by Crippen LogP contribution is 2.28. The number of ether oxygens (including phenoxy) is 1. The van der Waals surface area contributed by atoms with E-state index in [1.165, 1.54) is 15.6 Å². The molecule has 3 aromatic carbocycles. The van der Waals surface area contributed by atoms with E-state index in [1.807, 2.05) is 79.0 Å². The minimum absolute atomic E-state index is 0.236. The van der Waals surface area contributed by atoms with Crippen molar-refractivity contribution in [3.05, 3.63) is 94.6 Å². The van der Waals surface area contributed by atoms with Crippen LogP contribution in [-0.4, -0.2) is 64.0 Å². The molecule has 0 saturated carbocycles. The molecule has 0 radical (unpaired) electrons. The second-order valence-corrected chi connectivity index (χ2v) is 12.5. The van der Waals surface area contributed by atoms with Gasteiger partial charge in [0.1, 0.15) is 11.3 Å². The Morgan fingerprint density at radius 1 is 0.951 bits per heavy atom. The molecule has 5 aromatic rings. The van der Waals surface area contributed by atoms with Crippen molar-refractivity contribution in [2.45, 2.75) is 4.90 Å². The molecule has 11 heteroatoms. The van der Waals surface area contributed by atoms with Crippen LogP contribution in [0.3, 0.4) is 0 Å².